The summed E-state index contributed by atoms with van der Waals surface area (Å²) in [6, 6.07) is -0.245. The highest BCUT2D eigenvalue weighted by Gasteiger charge is 2.27. The lowest BCUT2D eigenvalue weighted by Crippen LogP contribution is -2.48. The smallest absolute Gasteiger partial charge is 0.224 e. The molecule has 124 valence electrons. The van der Waals surface area contributed by atoms with Gasteiger partial charge in [-0.05, 0) is 20.0 Å². The minimum atomic E-state index is -2.99. The molecule has 1 heterocycles. The topological polar surface area (TPSA) is 69.7 Å². The highest BCUT2D eigenvalue weighted by Crippen LogP contribution is 2.09. The van der Waals surface area contributed by atoms with Crippen molar-refractivity contribution in [2.75, 3.05) is 51.8 Å². The van der Waals surface area contributed by atoms with Gasteiger partial charge in [0.15, 0.2) is 9.84 Å². The molecule has 1 unspecified atom stereocenters. The van der Waals surface area contributed by atoms with E-state index in [1.165, 1.54) is 0 Å². The van der Waals surface area contributed by atoms with Crippen LogP contribution in [0.25, 0.3) is 0 Å². The Hall–Kier alpha value is -0.660. The largest absolute Gasteiger partial charge is 0.341 e. The van der Waals surface area contributed by atoms with Gasteiger partial charge in [-0.2, -0.15) is 0 Å². The number of likely N-dealkylation sites (N-methyl/N-ethyl adjacent to an activating group) is 1. The van der Waals surface area contributed by atoms with Crippen LogP contribution in [0.1, 0.15) is 20.3 Å². The van der Waals surface area contributed by atoms with Crippen LogP contribution in [-0.4, -0.2) is 81.9 Å². The van der Waals surface area contributed by atoms with Gasteiger partial charge in [0.25, 0.3) is 0 Å². The monoisotopic (exact) mass is 319 g/mol. The molecule has 1 rings (SSSR count). The second kappa shape index (κ2) is 8.10. The molecule has 0 aliphatic carbocycles. The van der Waals surface area contributed by atoms with Gasteiger partial charge in [-0.25, -0.2) is 8.42 Å². The Morgan fingerprint density at radius 2 is 1.95 bits per heavy atom. The Labute approximate surface area is 128 Å². The predicted molar refractivity (Wildman–Crippen MR) is 85.0 cm³/mol. The third-order valence-electron chi connectivity index (χ3n) is 3.48. The number of rotatable bonds is 7. The van der Waals surface area contributed by atoms with Gasteiger partial charge in [0.2, 0.25) is 5.91 Å². The molecule has 0 aromatic carbocycles. The third kappa shape index (κ3) is 7.24. The van der Waals surface area contributed by atoms with E-state index in [0.29, 0.717) is 25.6 Å². The highest BCUT2D eigenvalue weighted by atomic mass is 32.2. The second-order valence-corrected chi connectivity index (χ2v) is 8.74. The summed E-state index contributed by atoms with van der Waals surface area (Å²) < 4.78 is 23.3. The van der Waals surface area contributed by atoms with Crippen LogP contribution in [0.5, 0.6) is 0 Å². The zero-order valence-corrected chi connectivity index (χ0v) is 14.4. The molecule has 1 N–H and O–H groups in total. The SMILES string of the molecule is CC(C)CN(CCN(C)C)C(=O)CC1CS(=O)(=O)CCN1. The van der Waals surface area contributed by atoms with E-state index >= 15 is 0 Å². The summed E-state index contributed by atoms with van der Waals surface area (Å²) in [6.07, 6.45) is 0.263. The molecule has 1 aliphatic rings. The average Bonchev–Trinajstić information content (AvgIpc) is 2.32. The van der Waals surface area contributed by atoms with E-state index in [2.05, 4.69) is 19.2 Å². The molecular weight excluding hydrogens is 290 g/mol. The van der Waals surface area contributed by atoms with Crippen molar-refractivity contribution in [3.63, 3.8) is 0 Å². The van der Waals surface area contributed by atoms with Crippen LogP contribution in [0.15, 0.2) is 0 Å². The van der Waals surface area contributed by atoms with Crippen molar-refractivity contribution in [3.05, 3.63) is 0 Å². The van der Waals surface area contributed by atoms with E-state index in [1.807, 2.05) is 23.9 Å². The van der Waals surface area contributed by atoms with Crippen LogP contribution in [0, 0.1) is 5.92 Å². The molecule has 0 radical (unpaired) electrons. The molecule has 0 aromatic rings. The summed E-state index contributed by atoms with van der Waals surface area (Å²) >= 11 is 0. The van der Waals surface area contributed by atoms with Crippen LogP contribution in [-0.2, 0) is 14.6 Å². The van der Waals surface area contributed by atoms with E-state index in [0.717, 1.165) is 6.54 Å². The fourth-order valence-corrected chi connectivity index (χ4v) is 3.86. The van der Waals surface area contributed by atoms with Gasteiger partial charge in [0.1, 0.15) is 0 Å². The molecule has 1 fully saturated rings. The van der Waals surface area contributed by atoms with Crippen molar-refractivity contribution < 1.29 is 13.2 Å². The first-order valence-corrected chi connectivity index (χ1v) is 9.38. The van der Waals surface area contributed by atoms with Crippen LogP contribution in [0.3, 0.4) is 0 Å². The maximum absolute atomic E-state index is 12.4. The van der Waals surface area contributed by atoms with E-state index < -0.39 is 9.84 Å². The maximum atomic E-state index is 12.4. The summed E-state index contributed by atoms with van der Waals surface area (Å²) in [6.45, 7) is 6.82. The number of nitrogens with one attached hydrogen (secondary N) is 1. The van der Waals surface area contributed by atoms with Crippen LogP contribution in [0.4, 0.5) is 0 Å². The lowest BCUT2D eigenvalue weighted by Gasteiger charge is -2.29. The fourth-order valence-electron chi connectivity index (χ4n) is 2.42. The predicted octanol–water partition coefficient (Wildman–Crippen LogP) is -0.191. The molecule has 1 aliphatic heterocycles. The first-order valence-electron chi connectivity index (χ1n) is 7.56. The summed E-state index contributed by atoms with van der Waals surface area (Å²) in [7, 11) is 0.965. The molecule has 1 saturated heterocycles. The average molecular weight is 319 g/mol. The van der Waals surface area contributed by atoms with Crippen molar-refractivity contribution in [1.29, 1.82) is 0 Å². The molecule has 0 aromatic heterocycles. The number of nitrogens with zero attached hydrogens (tertiary/aromatic N) is 2. The summed E-state index contributed by atoms with van der Waals surface area (Å²) in [5.41, 5.74) is 0. The van der Waals surface area contributed by atoms with Gasteiger partial charge in [-0.1, -0.05) is 13.8 Å². The number of amides is 1. The molecule has 1 amide bonds. The van der Waals surface area contributed by atoms with E-state index in [9.17, 15) is 13.2 Å². The second-order valence-electron chi connectivity index (χ2n) is 6.51. The minimum Gasteiger partial charge on any atom is -0.341 e. The quantitative estimate of drug-likeness (QED) is 0.704. The molecule has 0 saturated carbocycles. The first kappa shape index (κ1) is 18.4. The molecule has 21 heavy (non-hydrogen) atoms. The first-order chi connectivity index (χ1) is 9.69. The number of carbonyl (C=O) groups is 1. The van der Waals surface area contributed by atoms with Crippen LogP contribution >= 0.6 is 0 Å². The number of hydrogen-bond acceptors (Lipinski definition) is 5. The van der Waals surface area contributed by atoms with Gasteiger partial charge in [0, 0.05) is 38.6 Å². The van der Waals surface area contributed by atoms with Crippen molar-refractivity contribution in [2.24, 2.45) is 5.92 Å². The molecule has 1 atom stereocenters. The molecule has 0 bridgehead atoms. The summed E-state index contributed by atoms with van der Waals surface area (Å²) in [4.78, 5) is 16.3. The van der Waals surface area contributed by atoms with Gasteiger partial charge < -0.3 is 15.1 Å². The third-order valence-corrected chi connectivity index (χ3v) is 5.21. The van der Waals surface area contributed by atoms with Crippen molar-refractivity contribution in [1.82, 2.24) is 15.1 Å². The van der Waals surface area contributed by atoms with Gasteiger partial charge in [-0.3, -0.25) is 4.79 Å². The van der Waals surface area contributed by atoms with Crippen molar-refractivity contribution >= 4 is 15.7 Å². The summed E-state index contributed by atoms with van der Waals surface area (Å²) in [5.74, 6) is 0.690. The highest BCUT2D eigenvalue weighted by molar-refractivity contribution is 7.91. The molecule has 6 nitrogen and oxygen atoms in total. The Morgan fingerprint density at radius 3 is 2.48 bits per heavy atom. The zero-order valence-electron chi connectivity index (χ0n) is 13.6. The fraction of sp³-hybridized carbons (Fsp3) is 0.929. The minimum absolute atomic E-state index is 0.0418. The van der Waals surface area contributed by atoms with Gasteiger partial charge in [0.05, 0.1) is 11.5 Å². The van der Waals surface area contributed by atoms with Gasteiger partial charge in [-0.15, -0.1) is 0 Å². The molecular formula is C14H29N3O3S. The van der Waals surface area contributed by atoms with Gasteiger partial charge >= 0.3 is 0 Å². The standard InChI is InChI=1S/C14H29N3O3S/c1-12(2)10-17(7-6-16(3)4)14(18)9-13-11-21(19,20)8-5-15-13/h12-13,15H,5-11H2,1-4H3. The van der Waals surface area contributed by atoms with Crippen LogP contribution < -0.4 is 5.32 Å². The Kier molecular flexibility index (Phi) is 7.09. The number of carbonyl (C=O) groups excluding carboxylic acids is 1. The zero-order chi connectivity index (χ0) is 16.0. The Morgan fingerprint density at radius 1 is 1.29 bits per heavy atom. The lowest BCUT2D eigenvalue weighted by molar-refractivity contribution is -0.132. The normalized spacial score (nSPS) is 21.7. The Bertz CT molecular complexity index is 435. The lowest BCUT2D eigenvalue weighted by atomic mass is 10.1. The maximum Gasteiger partial charge on any atom is 0.224 e. The molecule has 0 spiro atoms. The van der Waals surface area contributed by atoms with Crippen molar-refractivity contribution in [2.45, 2.75) is 26.3 Å². The van der Waals surface area contributed by atoms with Crippen molar-refractivity contribution in [3.8, 4) is 0 Å². The number of sulfone groups is 1. The van der Waals surface area contributed by atoms with E-state index in [1.54, 1.807) is 0 Å². The number of hydrogen-bond donors (Lipinski definition) is 1. The molecule has 7 heteroatoms. The van der Waals surface area contributed by atoms with E-state index in [-0.39, 0.29) is 29.9 Å². The summed E-state index contributed by atoms with van der Waals surface area (Å²) in [5, 5.41) is 3.14. The van der Waals surface area contributed by atoms with Crippen LogP contribution in [0.2, 0.25) is 0 Å². The Balaban J connectivity index is 2.58. The van der Waals surface area contributed by atoms with E-state index in [4.69, 9.17) is 0 Å².